The fraction of sp³-hybridized carbons (Fsp3) is 0.667. The van der Waals surface area contributed by atoms with Crippen molar-refractivity contribution >= 4 is 0 Å². The third kappa shape index (κ3) is 2.90. The van der Waals surface area contributed by atoms with E-state index in [9.17, 15) is 0 Å². The molecule has 3 nitrogen and oxygen atoms in total. The summed E-state index contributed by atoms with van der Waals surface area (Å²) in [4.78, 5) is 7.02. The van der Waals surface area contributed by atoms with Gasteiger partial charge in [0.2, 0.25) is 0 Å². The fourth-order valence-corrected chi connectivity index (χ4v) is 3.06. The summed E-state index contributed by atoms with van der Waals surface area (Å²) in [5.41, 5.74) is 8.42. The largest absolute Gasteiger partial charge is 0.330 e. The van der Waals surface area contributed by atoms with E-state index in [4.69, 9.17) is 5.73 Å². The fourth-order valence-electron chi connectivity index (χ4n) is 3.06. The molecule has 0 aliphatic carbocycles. The van der Waals surface area contributed by atoms with Crippen LogP contribution in [0, 0.1) is 12.8 Å². The molecule has 0 saturated carbocycles. The molecule has 3 heteroatoms. The SMILES string of the molecule is CCN1CCCCC(CN)C1c1ccc(C)nc1. The van der Waals surface area contributed by atoms with E-state index in [1.165, 1.54) is 31.4 Å². The van der Waals surface area contributed by atoms with Gasteiger partial charge in [-0.25, -0.2) is 0 Å². The van der Waals surface area contributed by atoms with E-state index in [1.807, 2.05) is 13.1 Å². The van der Waals surface area contributed by atoms with Crippen molar-refractivity contribution in [1.82, 2.24) is 9.88 Å². The van der Waals surface area contributed by atoms with Gasteiger partial charge in [0, 0.05) is 17.9 Å². The molecule has 1 aliphatic rings. The number of pyridine rings is 1. The summed E-state index contributed by atoms with van der Waals surface area (Å²) < 4.78 is 0. The van der Waals surface area contributed by atoms with Crippen LogP contribution in [-0.4, -0.2) is 29.5 Å². The summed E-state index contributed by atoms with van der Waals surface area (Å²) in [6.07, 6.45) is 5.87. The second-order valence-corrected chi connectivity index (χ2v) is 5.30. The molecule has 1 aliphatic heterocycles. The number of hydrogen-bond donors (Lipinski definition) is 1. The average Bonchev–Trinajstić information content (AvgIpc) is 2.61. The lowest BCUT2D eigenvalue weighted by atomic mass is 9.90. The molecular formula is C15H25N3. The number of aryl methyl sites for hydroxylation is 1. The van der Waals surface area contributed by atoms with Crippen LogP contribution in [-0.2, 0) is 0 Å². The molecule has 1 fully saturated rings. The zero-order valence-electron chi connectivity index (χ0n) is 11.6. The van der Waals surface area contributed by atoms with Crippen LogP contribution in [0.25, 0.3) is 0 Å². The van der Waals surface area contributed by atoms with Crippen molar-refractivity contribution in [2.24, 2.45) is 11.7 Å². The predicted octanol–water partition coefficient (Wildman–Crippen LogP) is 2.51. The highest BCUT2D eigenvalue weighted by atomic mass is 15.2. The first-order chi connectivity index (χ1) is 8.76. The van der Waals surface area contributed by atoms with E-state index in [0.29, 0.717) is 12.0 Å². The summed E-state index contributed by atoms with van der Waals surface area (Å²) in [6.45, 7) is 7.33. The number of nitrogens with two attached hydrogens (primary N) is 1. The van der Waals surface area contributed by atoms with Crippen LogP contribution in [0.3, 0.4) is 0 Å². The van der Waals surface area contributed by atoms with Crippen LogP contribution < -0.4 is 5.73 Å². The van der Waals surface area contributed by atoms with Crippen molar-refractivity contribution in [3.8, 4) is 0 Å². The van der Waals surface area contributed by atoms with Crippen molar-refractivity contribution in [1.29, 1.82) is 0 Å². The van der Waals surface area contributed by atoms with Gasteiger partial charge in [0.15, 0.2) is 0 Å². The number of likely N-dealkylation sites (tertiary alicyclic amines) is 1. The number of aromatic nitrogens is 1. The third-order valence-corrected chi connectivity index (χ3v) is 4.09. The molecular weight excluding hydrogens is 222 g/mol. The minimum Gasteiger partial charge on any atom is -0.330 e. The lowest BCUT2D eigenvalue weighted by Crippen LogP contribution is -2.35. The summed E-state index contributed by atoms with van der Waals surface area (Å²) in [7, 11) is 0. The summed E-state index contributed by atoms with van der Waals surface area (Å²) in [5, 5.41) is 0. The molecule has 2 N–H and O–H groups in total. The lowest BCUT2D eigenvalue weighted by molar-refractivity contribution is 0.166. The molecule has 18 heavy (non-hydrogen) atoms. The van der Waals surface area contributed by atoms with Gasteiger partial charge in [0.05, 0.1) is 0 Å². The average molecular weight is 247 g/mol. The van der Waals surface area contributed by atoms with Gasteiger partial charge in [-0.3, -0.25) is 9.88 Å². The second kappa shape index (κ2) is 6.30. The van der Waals surface area contributed by atoms with Crippen molar-refractivity contribution in [2.75, 3.05) is 19.6 Å². The Labute approximate surface area is 110 Å². The van der Waals surface area contributed by atoms with E-state index >= 15 is 0 Å². The van der Waals surface area contributed by atoms with Crippen LogP contribution in [0.15, 0.2) is 18.3 Å². The molecule has 2 atom stereocenters. The minimum absolute atomic E-state index is 0.454. The van der Waals surface area contributed by atoms with E-state index in [2.05, 4.69) is 28.9 Å². The van der Waals surface area contributed by atoms with Gasteiger partial charge in [-0.15, -0.1) is 0 Å². The van der Waals surface area contributed by atoms with E-state index in [-0.39, 0.29) is 0 Å². The summed E-state index contributed by atoms with van der Waals surface area (Å²) >= 11 is 0. The van der Waals surface area contributed by atoms with Crippen LogP contribution in [0.4, 0.5) is 0 Å². The lowest BCUT2D eigenvalue weighted by Gasteiger charge is -2.34. The van der Waals surface area contributed by atoms with Gasteiger partial charge in [-0.1, -0.05) is 19.4 Å². The molecule has 1 aromatic heterocycles. The van der Waals surface area contributed by atoms with Crippen LogP contribution >= 0.6 is 0 Å². The van der Waals surface area contributed by atoms with E-state index < -0.39 is 0 Å². The monoisotopic (exact) mass is 247 g/mol. The van der Waals surface area contributed by atoms with Gasteiger partial charge < -0.3 is 5.73 Å². The Morgan fingerprint density at radius 1 is 1.39 bits per heavy atom. The van der Waals surface area contributed by atoms with E-state index in [0.717, 1.165) is 18.8 Å². The van der Waals surface area contributed by atoms with Crippen LogP contribution in [0.1, 0.15) is 43.5 Å². The second-order valence-electron chi connectivity index (χ2n) is 5.30. The summed E-state index contributed by atoms with van der Waals surface area (Å²) in [5.74, 6) is 0.567. The normalized spacial score (nSPS) is 25.9. The number of nitrogens with zero attached hydrogens (tertiary/aromatic N) is 2. The molecule has 1 saturated heterocycles. The maximum Gasteiger partial charge on any atom is 0.0403 e. The van der Waals surface area contributed by atoms with Gasteiger partial charge in [0.25, 0.3) is 0 Å². The Balaban J connectivity index is 2.29. The first kappa shape index (κ1) is 13.5. The number of rotatable bonds is 3. The molecule has 2 heterocycles. The highest BCUT2D eigenvalue weighted by Gasteiger charge is 2.29. The van der Waals surface area contributed by atoms with Crippen molar-refractivity contribution in [3.05, 3.63) is 29.6 Å². The minimum atomic E-state index is 0.454. The zero-order chi connectivity index (χ0) is 13.0. The van der Waals surface area contributed by atoms with Gasteiger partial charge in [-0.05, 0) is 56.9 Å². The molecule has 0 radical (unpaired) electrons. The smallest absolute Gasteiger partial charge is 0.0403 e. The molecule has 100 valence electrons. The first-order valence-corrected chi connectivity index (χ1v) is 7.13. The molecule has 0 bridgehead atoms. The Bertz CT molecular complexity index is 347. The zero-order valence-corrected chi connectivity index (χ0v) is 11.6. The molecule has 2 rings (SSSR count). The molecule has 0 amide bonds. The van der Waals surface area contributed by atoms with Crippen LogP contribution in [0.5, 0.6) is 0 Å². The quantitative estimate of drug-likeness (QED) is 0.892. The highest BCUT2D eigenvalue weighted by molar-refractivity contribution is 5.19. The molecule has 0 spiro atoms. The third-order valence-electron chi connectivity index (χ3n) is 4.09. The van der Waals surface area contributed by atoms with Crippen molar-refractivity contribution in [3.63, 3.8) is 0 Å². The number of hydrogen-bond acceptors (Lipinski definition) is 3. The van der Waals surface area contributed by atoms with Gasteiger partial charge in [0.1, 0.15) is 0 Å². The Kier molecular flexibility index (Phi) is 4.72. The highest BCUT2D eigenvalue weighted by Crippen LogP contribution is 2.34. The molecule has 1 aromatic rings. The summed E-state index contributed by atoms with van der Waals surface area (Å²) in [6, 6.07) is 4.79. The predicted molar refractivity (Wildman–Crippen MR) is 75.4 cm³/mol. The Morgan fingerprint density at radius 3 is 2.83 bits per heavy atom. The van der Waals surface area contributed by atoms with Gasteiger partial charge >= 0.3 is 0 Å². The topological polar surface area (TPSA) is 42.1 Å². The maximum absolute atomic E-state index is 6.00. The van der Waals surface area contributed by atoms with Crippen molar-refractivity contribution < 1.29 is 0 Å². The standard InChI is InChI=1S/C15H25N3/c1-3-18-9-5-4-6-13(10-16)15(18)14-8-7-12(2)17-11-14/h7-8,11,13,15H,3-6,9-10,16H2,1-2H3. The van der Waals surface area contributed by atoms with E-state index in [1.54, 1.807) is 0 Å². The van der Waals surface area contributed by atoms with Crippen LogP contribution in [0.2, 0.25) is 0 Å². The Morgan fingerprint density at radius 2 is 2.22 bits per heavy atom. The Hall–Kier alpha value is -0.930. The first-order valence-electron chi connectivity index (χ1n) is 7.13. The van der Waals surface area contributed by atoms with Crippen molar-refractivity contribution in [2.45, 2.75) is 39.2 Å². The maximum atomic E-state index is 6.00. The molecule has 0 aromatic carbocycles. The molecule has 2 unspecified atom stereocenters. The van der Waals surface area contributed by atoms with Gasteiger partial charge in [-0.2, -0.15) is 0 Å².